The number of carbonyl (C=O) groups excluding carboxylic acids is 3. The summed E-state index contributed by atoms with van der Waals surface area (Å²) in [7, 11) is 0. The summed E-state index contributed by atoms with van der Waals surface area (Å²) in [5.41, 5.74) is 4.41. The maximum absolute atomic E-state index is 13.0. The Hall–Kier alpha value is -4.49. The van der Waals surface area contributed by atoms with Crippen molar-refractivity contribution in [3.63, 3.8) is 0 Å². The standard InChI is InChI=1S/C34H35N3O4/c1-2-9-29(32(38)36-22-27-14-8-13-26-12-6-7-15-28(26)27)37-34(40)31-30(41-31)33(39)35-21-20-23-16-18-25(19-17-23)24-10-4-3-5-11-24/h3-8,10-19,29-31H,2,9,20-22H2,1H3,(H,35,39)(H,36,38)(H,37,40)/t29-,30-,31-/m0/s1. The zero-order chi connectivity index (χ0) is 28.6. The van der Waals surface area contributed by atoms with Crippen LogP contribution in [0.3, 0.4) is 0 Å². The minimum atomic E-state index is -0.884. The lowest BCUT2D eigenvalue weighted by molar-refractivity contribution is -0.129. The third kappa shape index (κ3) is 7.18. The van der Waals surface area contributed by atoms with Crippen molar-refractivity contribution in [1.29, 1.82) is 0 Å². The second-order valence-electron chi connectivity index (χ2n) is 10.3. The highest BCUT2D eigenvalue weighted by atomic mass is 16.6. The summed E-state index contributed by atoms with van der Waals surface area (Å²) < 4.78 is 5.39. The van der Waals surface area contributed by atoms with Crippen molar-refractivity contribution in [3.8, 4) is 11.1 Å². The van der Waals surface area contributed by atoms with Gasteiger partial charge < -0.3 is 20.7 Å². The molecule has 4 aromatic rings. The van der Waals surface area contributed by atoms with Gasteiger partial charge in [0.1, 0.15) is 6.04 Å². The van der Waals surface area contributed by atoms with Gasteiger partial charge in [-0.2, -0.15) is 0 Å². The average Bonchev–Trinajstić information content (AvgIpc) is 3.82. The minimum absolute atomic E-state index is 0.256. The maximum Gasteiger partial charge on any atom is 0.253 e. The first-order valence-electron chi connectivity index (χ1n) is 14.2. The molecule has 210 valence electrons. The van der Waals surface area contributed by atoms with Crippen LogP contribution in [0.5, 0.6) is 0 Å². The molecule has 1 heterocycles. The first-order valence-corrected chi connectivity index (χ1v) is 14.2. The number of benzene rings is 4. The van der Waals surface area contributed by atoms with Crippen molar-refractivity contribution in [1.82, 2.24) is 16.0 Å². The fraction of sp³-hybridized carbons (Fsp3) is 0.265. The van der Waals surface area contributed by atoms with Gasteiger partial charge in [0.2, 0.25) is 5.91 Å². The molecule has 1 aliphatic rings. The summed E-state index contributed by atoms with van der Waals surface area (Å²) in [6.45, 7) is 2.75. The van der Waals surface area contributed by atoms with E-state index in [4.69, 9.17) is 4.74 Å². The minimum Gasteiger partial charge on any atom is -0.353 e. The zero-order valence-electron chi connectivity index (χ0n) is 23.1. The number of epoxide rings is 1. The molecule has 3 atom stereocenters. The van der Waals surface area contributed by atoms with Gasteiger partial charge in [0.15, 0.2) is 12.2 Å². The maximum atomic E-state index is 13.0. The van der Waals surface area contributed by atoms with Gasteiger partial charge in [-0.25, -0.2) is 0 Å². The monoisotopic (exact) mass is 549 g/mol. The van der Waals surface area contributed by atoms with Crippen molar-refractivity contribution in [2.75, 3.05) is 6.54 Å². The molecular formula is C34H35N3O4. The van der Waals surface area contributed by atoms with E-state index in [0.29, 0.717) is 32.4 Å². The molecule has 7 heteroatoms. The van der Waals surface area contributed by atoms with Crippen LogP contribution in [0.15, 0.2) is 97.1 Å². The van der Waals surface area contributed by atoms with Crippen LogP contribution in [-0.2, 0) is 32.1 Å². The normalized spacial score (nSPS) is 16.5. The van der Waals surface area contributed by atoms with E-state index >= 15 is 0 Å². The van der Waals surface area contributed by atoms with E-state index < -0.39 is 24.2 Å². The van der Waals surface area contributed by atoms with Crippen LogP contribution in [0.25, 0.3) is 21.9 Å². The molecule has 0 saturated carbocycles. The number of rotatable bonds is 12. The van der Waals surface area contributed by atoms with E-state index in [0.717, 1.165) is 33.0 Å². The van der Waals surface area contributed by atoms with Crippen LogP contribution in [0.2, 0.25) is 0 Å². The first-order chi connectivity index (χ1) is 20.0. The number of carbonyl (C=O) groups is 3. The molecule has 0 unspecified atom stereocenters. The lowest BCUT2D eigenvalue weighted by Crippen LogP contribution is -2.48. The van der Waals surface area contributed by atoms with Crippen LogP contribution in [0.4, 0.5) is 0 Å². The van der Waals surface area contributed by atoms with Crippen LogP contribution < -0.4 is 16.0 Å². The third-order valence-electron chi connectivity index (χ3n) is 7.33. The van der Waals surface area contributed by atoms with Gasteiger partial charge in [0.25, 0.3) is 11.8 Å². The molecule has 1 saturated heterocycles. The Kier molecular flexibility index (Phi) is 9.06. The van der Waals surface area contributed by atoms with Gasteiger partial charge in [-0.05, 0) is 45.9 Å². The van der Waals surface area contributed by atoms with Gasteiger partial charge in [-0.15, -0.1) is 0 Å². The Morgan fingerprint density at radius 2 is 1.44 bits per heavy atom. The van der Waals surface area contributed by atoms with E-state index in [2.05, 4.69) is 52.3 Å². The van der Waals surface area contributed by atoms with E-state index in [1.165, 1.54) is 0 Å². The van der Waals surface area contributed by atoms with Gasteiger partial charge in [0.05, 0.1) is 0 Å². The van der Waals surface area contributed by atoms with Gasteiger partial charge in [-0.3, -0.25) is 14.4 Å². The highest BCUT2D eigenvalue weighted by Gasteiger charge is 2.50. The fourth-order valence-electron chi connectivity index (χ4n) is 5.00. The summed E-state index contributed by atoms with van der Waals surface area (Å²) in [5, 5.41) is 10.8. The predicted octanol–water partition coefficient (Wildman–Crippen LogP) is 4.53. The molecule has 1 aliphatic heterocycles. The second kappa shape index (κ2) is 13.2. The number of amides is 3. The van der Waals surface area contributed by atoms with Crippen molar-refractivity contribution >= 4 is 28.5 Å². The molecule has 0 radical (unpaired) electrons. The smallest absolute Gasteiger partial charge is 0.253 e. The van der Waals surface area contributed by atoms with E-state index in [1.807, 2.05) is 67.6 Å². The SMILES string of the molecule is CCC[C@H](NC(=O)[C@H]1O[C@@H]1C(=O)NCCc1ccc(-c2ccccc2)cc1)C(=O)NCc1cccc2ccccc12. The van der Waals surface area contributed by atoms with Gasteiger partial charge in [0, 0.05) is 13.1 Å². The second-order valence-corrected chi connectivity index (χ2v) is 10.3. The molecule has 3 N–H and O–H groups in total. The van der Waals surface area contributed by atoms with E-state index in [-0.39, 0.29) is 11.8 Å². The summed E-state index contributed by atoms with van der Waals surface area (Å²) in [5.74, 6) is -1.02. The highest BCUT2D eigenvalue weighted by Crippen LogP contribution is 2.23. The molecule has 0 aromatic heterocycles. The molecule has 3 amide bonds. The number of hydrogen-bond donors (Lipinski definition) is 3. The van der Waals surface area contributed by atoms with Crippen LogP contribution in [0, 0.1) is 0 Å². The topological polar surface area (TPSA) is 99.8 Å². The van der Waals surface area contributed by atoms with Crippen molar-refractivity contribution in [3.05, 3.63) is 108 Å². The Balaban J connectivity index is 1.07. The summed E-state index contributed by atoms with van der Waals surface area (Å²) in [6.07, 6.45) is 0.149. The highest BCUT2D eigenvalue weighted by molar-refractivity contribution is 5.97. The van der Waals surface area contributed by atoms with Crippen LogP contribution in [0.1, 0.15) is 30.9 Å². The molecule has 0 bridgehead atoms. The Morgan fingerprint density at radius 3 is 2.22 bits per heavy atom. The largest absolute Gasteiger partial charge is 0.353 e. The fourth-order valence-corrected chi connectivity index (χ4v) is 5.00. The van der Waals surface area contributed by atoms with Gasteiger partial charge >= 0.3 is 0 Å². The van der Waals surface area contributed by atoms with Gasteiger partial charge in [-0.1, -0.05) is 110 Å². The number of nitrogens with one attached hydrogen (secondary N) is 3. The number of hydrogen-bond acceptors (Lipinski definition) is 4. The van der Waals surface area contributed by atoms with Crippen molar-refractivity contribution < 1.29 is 19.1 Å². The summed E-state index contributed by atoms with van der Waals surface area (Å²) in [4.78, 5) is 38.3. The van der Waals surface area contributed by atoms with Crippen LogP contribution >= 0.6 is 0 Å². The Bertz CT molecular complexity index is 1500. The summed E-state index contributed by atoms with van der Waals surface area (Å²) >= 11 is 0. The van der Waals surface area contributed by atoms with Crippen molar-refractivity contribution in [2.24, 2.45) is 0 Å². The molecule has 4 aromatic carbocycles. The Morgan fingerprint density at radius 1 is 0.756 bits per heavy atom. The third-order valence-corrected chi connectivity index (χ3v) is 7.33. The summed E-state index contributed by atoms with van der Waals surface area (Å²) in [6, 6.07) is 31.7. The van der Waals surface area contributed by atoms with Crippen molar-refractivity contribution in [2.45, 2.75) is 51.0 Å². The molecule has 7 nitrogen and oxygen atoms in total. The predicted molar refractivity (Wildman–Crippen MR) is 160 cm³/mol. The van der Waals surface area contributed by atoms with E-state index in [9.17, 15) is 14.4 Å². The molecule has 41 heavy (non-hydrogen) atoms. The van der Waals surface area contributed by atoms with Crippen LogP contribution in [-0.4, -0.2) is 42.5 Å². The Labute approximate surface area is 240 Å². The lowest BCUT2D eigenvalue weighted by Gasteiger charge is -2.18. The molecular weight excluding hydrogens is 514 g/mol. The molecule has 5 rings (SSSR count). The molecule has 1 fully saturated rings. The quantitative estimate of drug-likeness (QED) is 0.226. The first kappa shape index (κ1) is 28.1. The zero-order valence-corrected chi connectivity index (χ0v) is 23.1. The molecule has 0 aliphatic carbocycles. The lowest BCUT2D eigenvalue weighted by atomic mass is 10.0. The number of ether oxygens (including phenoxy) is 1. The number of fused-ring (bicyclic) bond motifs is 1. The average molecular weight is 550 g/mol. The van der Waals surface area contributed by atoms with E-state index in [1.54, 1.807) is 0 Å². The molecule has 0 spiro atoms.